The maximum absolute atomic E-state index is 13.7. The molecule has 0 aliphatic heterocycles. The Bertz CT molecular complexity index is 635. The second-order valence-corrected chi connectivity index (χ2v) is 4.58. The average molecular weight is 307 g/mol. The molecule has 0 spiro atoms. The Morgan fingerprint density at radius 1 is 1.14 bits per heavy atom. The van der Waals surface area contributed by atoms with E-state index in [1.807, 2.05) is 6.07 Å². The standard InChI is InChI=1S/C16H15F2NO3/c17-13-8-4-7-12(15(13)18)14(9-20)19-16(21)22-10-11-5-2-1-3-6-11/h1-8,14,20H,9-10H2,(H,19,21). The number of carbonyl (C=O) groups is 1. The molecule has 0 aliphatic carbocycles. The van der Waals surface area contributed by atoms with E-state index in [2.05, 4.69) is 5.32 Å². The largest absolute Gasteiger partial charge is 0.445 e. The highest BCUT2D eigenvalue weighted by atomic mass is 19.2. The van der Waals surface area contributed by atoms with E-state index in [0.29, 0.717) is 0 Å². The first-order valence-electron chi connectivity index (χ1n) is 6.63. The molecule has 1 atom stereocenters. The second kappa shape index (κ2) is 7.51. The number of carbonyl (C=O) groups excluding carboxylic acids is 1. The van der Waals surface area contributed by atoms with Crippen LogP contribution in [0, 0.1) is 11.6 Å². The van der Waals surface area contributed by atoms with Crippen LogP contribution in [-0.4, -0.2) is 17.8 Å². The molecule has 0 saturated heterocycles. The molecule has 0 heterocycles. The minimum Gasteiger partial charge on any atom is -0.445 e. The van der Waals surface area contributed by atoms with E-state index in [0.717, 1.165) is 11.6 Å². The number of alkyl carbamates (subject to hydrolysis) is 1. The molecular formula is C16H15F2NO3. The molecular weight excluding hydrogens is 292 g/mol. The van der Waals surface area contributed by atoms with Crippen molar-refractivity contribution < 1.29 is 23.4 Å². The summed E-state index contributed by atoms with van der Waals surface area (Å²) in [4.78, 5) is 11.7. The van der Waals surface area contributed by atoms with Gasteiger partial charge in [0.2, 0.25) is 0 Å². The molecule has 2 N–H and O–H groups in total. The number of hydrogen-bond donors (Lipinski definition) is 2. The molecule has 2 rings (SSSR count). The van der Waals surface area contributed by atoms with Crippen molar-refractivity contribution in [2.24, 2.45) is 0 Å². The lowest BCUT2D eigenvalue weighted by Gasteiger charge is -2.17. The van der Waals surface area contributed by atoms with E-state index < -0.39 is 30.4 Å². The van der Waals surface area contributed by atoms with Crippen molar-refractivity contribution in [3.05, 3.63) is 71.3 Å². The van der Waals surface area contributed by atoms with Gasteiger partial charge >= 0.3 is 6.09 Å². The van der Waals surface area contributed by atoms with Gasteiger partial charge in [0.25, 0.3) is 0 Å². The van der Waals surface area contributed by atoms with Crippen LogP contribution in [0.25, 0.3) is 0 Å². The molecule has 0 bridgehead atoms. The summed E-state index contributed by atoms with van der Waals surface area (Å²) in [6.07, 6.45) is -0.827. The van der Waals surface area contributed by atoms with Gasteiger partial charge in [-0.1, -0.05) is 42.5 Å². The number of nitrogens with one attached hydrogen (secondary N) is 1. The van der Waals surface area contributed by atoms with Crippen LogP contribution in [0.4, 0.5) is 13.6 Å². The van der Waals surface area contributed by atoms with E-state index in [4.69, 9.17) is 4.74 Å². The highest BCUT2D eigenvalue weighted by Gasteiger charge is 2.20. The fourth-order valence-corrected chi connectivity index (χ4v) is 1.92. The number of ether oxygens (including phenoxy) is 1. The minimum absolute atomic E-state index is 0.0381. The Kier molecular flexibility index (Phi) is 5.43. The lowest BCUT2D eigenvalue weighted by atomic mass is 10.1. The first kappa shape index (κ1) is 15.9. The predicted octanol–water partition coefficient (Wildman–Crippen LogP) is 2.92. The summed E-state index contributed by atoms with van der Waals surface area (Å²) in [7, 11) is 0. The van der Waals surface area contributed by atoms with Gasteiger partial charge in [0.1, 0.15) is 6.61 Å². The summed E-state index contributed by atoms with van der Waals surface area (Å²) in [5, 5.41) is 11.6. The Morgan fingerprint density at radius 3 is 2.55 bits per heavy atom. The highest BCUT2D eigenvalue weighted by molar-refractivity contribution is 5.68. The van der Waals surface area contributed by atoms with Gasteiger partial charge in [0.05, 0.1) is 12.6 Å². The fourth-order valence-electron chi connectivity index (χ4n) is 1.92. The molecule has 6 heteroatoms. The zero-order valence-corrected chi connectivity index (χ0v) is 11.6. The van der Waals surface area contributed by atoms with Gasteiger partial charge in [-0.3, -0.25) is 0 Å². The van der Waals surface area contributed by atoms with Crippen LogP contribution in [0.5, 0.6) is 0 Å². The van der Waals surface area contributed by atoms with Crippen LogP contribution in [0.15, 0.2) is 48.5 Å². The zero-order valence-electron chi connectivity index (χ0n) is 11.6. The number of rotatable bonds is 5. The van der Waals surface area contributed by atoms with Crippen molar-refractivity contribution in [1.82, 2.24) is 5.32 Å². The van der Waals surface area contributed by atoms with Crippen LogP contribution >= 0.6 is 0 Å². The number of halogens is 2. The van der Waals surface area contributed by atoms with Crippen LogP contribution in [-0.2, 0) is 11.3 Å². The van der Waals surface area contributed by atoms with Gasteiger partial charge in [0.15, 0.2) is 11.6 Å². The van der Waals surface area contributed by atoms with Crippen LogP contribution in [0.2, 0.25) is 0 Å². The lowest BCUT2D eigenvalue weighted by molar-refractivity contribution is 0.128. The van der Waals surface area contributed by atoms with Gasteiger partial charge in [-0.2, -0.15) is 0 Å². The molecule has 1 amide bonds. The van der Waals surface area contributed by atoms with Gasteiger partial charge in [-0.15, -0.1) is 0 Å². The summed E-state index contributed by atoms with van der Waals surface area (Å²) in [5.74, 6) is -2.15. The summed E-state index contributed by atoms with van der Waals surface area (Å²) in [6.45, 7) is -0.544. The SMILES string of the molecule is O=C(NC(CO)c1cccc(F)c1F)OCc1ccccc1. The minimum atomic E-state index is -1.11. The fraction of sp³-hybridized carbons (Fsp3) is 0.188. The average Bonchev–Trinajstić information content (AvgIpc) is 2.54. The third kappa shape index (κ3) is 4.02. The topological polar surface area (TPSA) is 58.6 Å². The summed E-state index contributed by atoms with van der Waals surface area (Å²) >= 11 is 0. The monoisotopic (exact) mass is 307 g/mol. The van der Waals surface area contributed by atoms with E-state index in [1.54, 1.807) is 24.3 Å². The molecule has 4 nitrogen and oxygen atoms in total. The van der Waals surface area contributed by atoms with Crippen molar-refractivity contribution in [3.63, 3.8) is 0 Å². The molecule has 0 aliphatic rings. The Labute approximate surface area is 126 Å². The van der Waals surface area contributed by atoms with Gasteiger partial charge in [0, 0.05) is 5.56 Å². The van der Waals surface area contributed by atoms with Gasteiger partial charge < -0.3 is 15.2 Å². The number of benzene rings is 2. The first-order valence-corrected chi connectivity index (χ1v) is 6.63. The maximum atomic E-state index is 13.7. The molecule has 1 unspecified atom stereocenters. The number of aliphatic hydroxyl groups excluding tert-OH is 1. The van der Waals surface area contributed by atoms with Crippen molar-refractivity contribution in [1.29, 1.82) is 0 Å². The summed E-state index contributed by atoms with van der Waals surface area (Å²) < 4.78 is 31.8. The molecule has 0 radical (unpaired) electrons. The van der Waals surface area contributed by atoms with Crippen LogP contribution in [0.3, 0.4) is 0 Å². The molecule has 2 aromatic rings. The van der Waals surface area contributed by atoms with Crippen molar-refractivity contribution >= 4 is 6.09 Å². The van der Waals surface area contributed by atoms with Crippen molar-refractivity contribution in [3.8, 4) is 0 Å². The smallest absolute Gasteiger partial charge is 0.408 e. The van der Waals surface area contributed by atoms with E-state index in [9.17, 15) is 18.7 Å². The maximum Gasteiger partial charge on any atom is 0.408 e. The predicted molar refractivity (Wildman–Crippen MR) is 75.9 cm³/mol. The molecule has 116 valence electrons. The van der Waals surface area contributed by atoms with E-state index >= 15 is 0 Å². The molecule has 0 saturated carbocycles. The number of aliphatic hydroxyl groups is 1. The lowest BCUT2D eigenvalue weighted by Crippen LogP contribution is -2.32. The molecule has 0 aromatic heterocycles. The van der Waals surface area contributed by atoms with Crippen LogP contribution < -0.4 is 5.32 Å². The van der Waals surface area contributed by atoms with Crippen LogP contribution in [0.1, 0.15) is 17.2 Å². The third-order valence-corrected chi connectivity index (χ3v) is 3.04. The number of amides is 1. The van der Waals surface area contributed by atoms with E-state index in [1.165, 1.54) is 12.1 Å². The van der Waals surface area contributed by atoms with Crippen molar-refractivity contribution in [2.75, 3.05) is 6.61 Å². The normalized spacial score (nSPS) is 11.8. The Balaban J connectivity index is 1.98. The molecule has 0 fully saturated rings. The quantitative estimate of drug-likeness (QED) is 0.893. The van der Waals surface area contributed by atoms with Crippen molar-refractivity contribution in [2.45, 2.75) is 12.6 Å². The number of hydrogen-bond acceptors (Lipinski definition) is 3. The molecule has 2 aromatic carbocycles. The summed E-state index contributed by atoms with van der Waals surface area (Å²) in [5.41, 5.74) is 0.647. The molecule has 22 heavy (non-hydrogen) atoms. The Hall–Kier alpha value is -2.47. The Morgan fingerprint density at radius 2 is 1.86 bits per heavy atom. The third-order valence-electron chi connectivity index (χ3n) is 3.04. The second-order valence-electron chi connectivity index (χ2n) is 4.58. The van der Waals surface area contributed by atoms with Gasteiger partial charge in [-0.05, 0) is 11.6 Å². The van der Waals surface area contributed by atoms with Gasteiger partial charge in [-0.25, -0.2) is 13.6 Å². The highest BCUT2D eigenvalue weighted by Crippen LogP contribution is 2.19. The first-order chi connectivity index (χ1) is 10.6. The zero-order chi connectivity index (χ0) is 15.9. The van der Waals surface area contributed by atoms with E-state index in [-0.39, 0.29) is 12.2 Å². The summed E-state index contributed by atoms with van der Waals surface area (Å²) in [6, 6.07) is 11.5.